The fraction of sp³-hybridized carbons (Fsp3) is 0.471. The molecule has 0 bridgehead atoms. The summed E-state index contributed by atoms with van der Waals surface area (Å²) in [5.41, 5.74) is 7.41. The van der Waals surface area contributed by atoms with Gasteiger partial charge in [-0.1, -0.05) is 0 Å². The van der Waals surface area contributed by atoms with E-state index in [0.29, 0.717) is 18.2 Å². The van der Waals surface area contributed by atoms with Gasteiger partial charge in [-0.05, 0) is 49.5 Å². The van der Waals surface area contributed by atoms with Crippen LogP contribution in [-0.4, -0.2) is 35.1 Å². The van der Waals surface area contributed by atoms with Crippen molar-refractivity contribution in [2.75, 3.05) is 19.6 Å². The van der Waals surface area contributed by atoms with E-state index in [1.54, 1.807) is 22.8 Å². The van der Waals surface area contributed by atoms with E-state index in [9.17, 15) is 9.18 Å². The van der Waals surface area contributed by atoms with Crippen molar-refractivity contribution in [3.63, 3.8) is 0 Å². The number of nitrogens with two attached hydrogens (primary N) is 1. The lowest BCUT2D eigenvalue weighted by Crippen LogP contribution is -2.41. The average Bonchev–Trinajstić information content (AvgIpc) is 2.89. The molecule has 4 rings (SSSR count). The van der Waals surface area contributed by atoms with Crippen LogP contribution in [0.1, 0.15) is 24.3 Å². The zero-order valence-corrected chi connectivity index (χ0v) is 12.5. The van der Waals surface area contributed by atoms with Gasteiger partial charge in [0, 0.05) is 36.7 Å². The van der Waals surface area contributed by atoms with Crippen molar-refractivity contribution in [3.05, 3.63) is 46.0 Å². The molecule has 0 aliphatic carbocycles. The molecular formula is C17H20FN3O. The monoisotopic (exact) mass is 301 g/mol. The number of piperidine rings is 1. The highest BCUT2D eigenvalue weighted by molar-refractivity contribution is 5.84. The molecule has 2 aromatic rings. The van der Waals surface area contributed by atoms with E-state index in [1.165, 1.54) is 6.07 Å². The summed E-state index contributed by atoms with van der Waals surface area (Å²) in [6.07, 6.45) is 1.98. The minimum absolute atomic E-state index is 0.0393. The molecule has 116 valence electrons. The van der Waals surface area contributed by atoms with Gasteiger partial charge in [0.15, 0.2) is 0 Å². The number of hydrogen-bond donors (Lipinski definition) is 1. The van der Waals surface area contributed by atoms with Crippen LogP contribution >= 0.6 is 0 Å². The minimum atomic E-state index is -0.192. The Bertz CT molecular complexity index is 777. The van der Waals surface area contributed by atoms with Crippen LogP contribution in [0, 0.1) is 5.82 Å². The number of benzene rings is 1. The third-order valence-electron chi connectivity index (χ3n) is 5.06. The molecule has 2 aliphatic heterocycles. The first-order valence-electron chi connectivity index (χ1n) is 7.93. The SMILES string of the molecule is NC1CCN(C[C@H]2Cn3c(=O)ccc4ccc(F)c2c43)CC1. The average molecular weight is 301 g/mol. The Balaban J connectivity index is 1.70. The number of aromatic nitrogens is 1. The second kappa shape index (κ2) is 5.18. The normalized spacial score (nSPS) is 22.5. The molecular weight excluding hydrogens is 281 g/mol. The predicted molar refractivity (Wildman–Crippen MR) is 84.6 cm³/mol. The smallest absolute Gasteiger partial charge is 0.251 e. The maximum atomic E-state index is 14.4. The number of hydrogen-bond acceptors (Lipinski definition) is 3. The maximum absolute atomic E-state index is 14.4. The second-order valence-corrected chi connectivity index (χ2v) is 6.52. The van der Waals surface area contributed by atoms with E-state index in [0.717, 1.165) is 43.4 Å². The zero-order valence-electron chi connectivity index (χ0n) is 12.5. The molecule has 1 aromatic carbocycles. The third kappa shape index (κ3) is 2.16. The third-order valence-corrected chi connectivity index (χ3v) is 5.06. The lowest BCUT2D eigenvalue weighted by Gasteiger charge is -2.32. The molecule has 2 N–H and O–H groups in total. The van der Waals surface area contributed by atoms with Gasteiger partial charge in [-0.15, -0.1) is 0 Å². The molecule has 0 unspecified atom stereocenters. The lowest BCUT2D eigenvalue weighted by atomic mass is 9.97. The molecule has 0 spiro atoms. The molecule has 2 aliphatic rings. The van der Waals surface area contributed by atoms with E-state index in [-0.39, 0.29) is 17.3 Å². The number of nitrogens with zero attached hydrogens (tertiary/aromatic N) is 2. The van der Waals surface area contributed by atoms with Gasteiger partial charge in [0.25, 0.3) is 5.56 Å². The van der Waals surface area contributed by atoms with Gasteiger partial charge < -0.3 is 15.2 Å². The maximum Gasteiger partial charge on any atom is 0.251 e. The van der Waals surface area contributed by atoms with Crippen molar-refractivity contribution in [2.24, 2.45) is 5.73 Å². The van der Waals surface area contributed by atoms with Crippen LogP contribution in [0.4, 0.5) is 4.39 Å². The van der Waals surface area contributed by atoms with Gasteiger partial charge in [0.1, 0.15) is 5.82 Å². The topological polar surface area (TPSA) is 51.3 Å². The Hall–Kier alpha value is -1.72. The Morgan fingerprint density at radius 1 is 1.18 bits per heavy atom. The van der Waals surface area contributed by atoms with Crippen LogP contribution in [-0.2, 0) is 6.54 Å². The minimum Gasteiger partial charge on any atom is -0.328 e. The predicted octanol–water partition coefficient (Wildman–Crippen LogP) is 1.66. The highest BCUT2D eigenvalue weighted by Crippen LogP contribution is 2.35. The summed E-state index contributed by atoms with van der Waals surface area (Å²) < 4.78 is 16.1. The van der Waals surface area contributed by atoms with Crippen molar-refractivity contribution in [2.45, 2.75) is 31.3 Å². The second-order valence-electron chi connectivity index (χ2n) is 6.52. The van der Waals surface area contributed by atoms with Gasteiger partial charge in [-0.2, -0.15) is 0 Å². The number of halogens is 1. The van der Waals surface area contributed by atoms with Gasteiger partial charge in [-0.25, -0.2) is 4.39 Å². The molecule has 1 fully saturated rings. The highest BCUT2D eigenvalue weighted by Gasteiger charge is 2.30. The summed E-state index contributed by atoms with van der Waals surface area (Å²) in [5, 5.41) is 0.944. The first-order valence-corrected chi connectivity index (χ1v) is 7.93. The summed E-state index contributed by atoms with van der Waals surface area (Å²) in [5.74, 6) is -0.142. The van der Waals surface area contributed by atoms with Crippen molar-refractivity contribution in [1.82, 2.24) is 9.47 Å². The van der Waals surface area contributed by atoms with Crippen LogP contribution in [0.2, 0.25) is 0 Å². The first-order chi connectivity index (χ1) is 10.6. The highest BCUT2D eigenvalue weighted by atomic mass is 19.1. The van der Waals surface area contributed by atoms with Gasteiger partial charge in [-0.3, -0.25) is 4.79 Å². The molecule has 0 saturated carbocycles. The molecule has 3 heterocycles. The van der Waals surface area contributed by atoms with Crippen LogP contribution in [0.5, 0.6) is 0 Å². The van der Waals surface area contributed by atoms with Gasteiger partial charge in [0.2, 0.25) is 0 Å². The van der Waals surface area contributed by atoms with E-state index in [1.807, 2.05) is 0 Å². The van der Waals surface area contributed by atoms with Crippen molar-refractivity contribution in [1.29, 1.82) is 0 Å². The van der Waals surface area contributed by atoms with Crippen molar-refractivity contribution < 1.29 is 4.39 Å². The number of rotatable bonds is 2. The Kier molecular flexibility index (Phi) is 3.27. The number of likely N-dealkylation sites (tertiary alicyclic amines) is 1. The van der Waals surface area contributed by atoms with Gasteiger partial charge >= 0.3 is 0 Å². The summed E-state index contributed by atoms with van der Waals surface area (Å²) in [4.78, 5) is 14.5. The molecule has 4 nitrogen and oxygen atoms in total. The Labute approximate surface area is 128 Å². The molecule has 1 atom stereocenters. The van der Waals surface area contributed by atoms with Crippen LogP contribution in [0.3, 0.4) is 0 Å². The standard InChI is InChI=1S/C17H20FN3O/c18-14-3-1-11-2-4-15(22)21-10-12(16(14)17(11)21)9-20-7-5-13(19)6-8-20/h1-4,12-13H,5-10,19H2/t12-/m0/s1. The lowest BCUT2D eigenvalue weighted by molar-refractivity contribution is 0.198. The summed E-state index contributed by atoms with van der Waals surface area (Å²) in [6.45, 7) is 3.29. The summed E-state index contributed by atoms with van der Waals surface area (Å²) >= 11 is 0. The molecule has 1 aromatic heterocycles. The first kappa shape index (κ1) is 13.9. The molecule has 0 radical (unpaired) electrons. The van der Waals surface area contributed by atoms with E-state index in [2.05, 4.69) is 4.90 Å². The molecule has 22 heavy (non-hydrogen) atoms. The van der Waals surface area contributed by atoms with E-state index < -0.39 is 0 Å². The van der Waals surface area contributed by atoms with Crippen LogP contribution in [0.15, 0.2) is 29.1 Å². The summed E-state index contributed by atoms with van der Waals surface area (Å²) in [6, 6.07) is 6.94. The van der Waals surface area contributed by atoms with E-state index >= 15 is 0 Å². The fourth-order valence-electron chi connectivity index (χ4n) is 3.87. The number of pyridine rings is 1. The molecule has 1 saturated heterocycles. The Morgan fingerprint density at radius 2 is 1.91 bits per heavy atom. The van der Waals surface area contributed by atoms with Crippen molar-refractivity contribution >= 4 is 10.9 Å². The van der Waals surface area contributed by atoms with Crippen molar-refractivity contribution in [3.8, 4) is 0 Å². The molecule has 0 amide bonds. The largest absolute Gasteiger partial charge is 0.328 e. The quantitative estimate of drug-likeness (QED) is 0.918. The molecule has 5 heteroatoms. The van der Waals surface area contributed by atoms with E-state index in [4.69, 9.17) is 5.73 Å². The fourth-order valence-corrected chi connectivity index (χ4v) is 3.87. The Morgan fingerprint density at radius 3 is 2.68 bits per heavy atom. The summed E-state index contributed by atoms with van der Waals surface area (Å²) in [7, 11) is 0. The van der Waals surface area contributed by atoms with Gasteiger partial charge in [0.05, 0.1) is 5.52 Å². The van der Waals surface area contributed by atoms with Crippen LogP contribution in [0.25, 0.3) is 10.9 Å². The zero-order chi connectivity index (χ0) is 15.3. The van der Waals surface area contributed by atoms with Crippen LogP contribution < -0.4 is 11.3 Å².